The molecule has 1 N–H and O–H groups in total. The smallest absolute Gasteiger partial charge is 0.244 e. The van der Waals surface area contributed by atoms with Gasteiger partial charge in [0.1, 0.15) is 0 Å². The maximum Gasteiger partial charge on any atom is 0.244 e. The quantitative estimate of drug-likeness (QED) is 0.361. The second-order valence-electron chi connectivity index (χ2n) is 6.59. The molecule has 2 rings (SSSR count). The Kier molecular flexibility index (Phi) is 6.79. The van der Waals surface area contributed by atoms with Crippen molar-refractivity contribution in [3.8, 4) is 0 Å². The van der Waals surface area contributed by atoms with Gasteiger partial charge in [-0.1, -0.05) is 66.9 Å². The van der Waals surface area contributed by atoms with Gasteiger partial charge in [-0.25, -0.2) is 0 Å². The first-order valence-corrected chi connectivity index (χ1v) is 9.22. The van der Waals surface area contributed by atoms with Gasteiger partial charge in [-0.15, -0.1) is 0 Å². The van der Waals surface area contributed by atoms with Gasteiger partial charge in [0.05, 0.1) is 15.1 Å². The Labute approximate surface area is 158 Å². The number of carbonyl (C=O) groups is 1. The van der Waals surface area contributed by atoms with Crippen molar-refractivity contribution in [3.05, 3.63) is 57.1 Å². The summed E-state index contributed by atoms with van der Waals surface area (Å²) in [5, 5.41) is 4.32. The maximum atomic E-state index is 11.7. The van der Waals surface area contributed by atoms with E-state index in [1.54, 1.807) is 12.2 Å². The summed E-state index contributed by atoms with van der Waals surface area (Å²) in [7, 11) is 0. The van der Waals surface area contributed by atoms with Crippen LogP contribution in [0.3, 0.4) is 0 Å². The Morgan fingerprint density at radius 3 is 2.38 bits per heavy atom. The van der Waals surface area contributed by atoms with Crippen LogP contribution in [0.25, 0.3) is 0 Å². The molecule has 0 saturated heterocycles. The largest absolute Gasteiger partial charge is 0.350 e. The first kappa shape index (κ1) is 19.4. The Balaban J connectivity index is 1.85. The predicted octanol–water partition coefficient (Wildman–Crippen LogP) is 6.02. The molecule has 0 spiro atoms. The van der Waals surface area contributed by atoms with E-state index in [4.69, 9.17) is 34.8 Å². The first-order chi connectivity index (χ1) is 11.3. The molecule has 0 bridgehead atoms. The molecular formula is C19H22Cl3NO. The third-order valence-electron chi connectivity index (χ3n) is 4.36. The van der Waals surface area contributed by atoms with E-state index < -0.39 is 0 Å². The van der Waals surface area contributed by atoms with Gasteiger partial charge < -0.3 is 5.32 Å². The van der Waals surface area contributed by atoms with Crippen LogP contribution in [0.5, 0.6) is 0 Å². The first-order valence-electron chi connectivity index (χ1n) is 8.09. The van der Waals surface area contributed by atoms with Crippen molar-refractivity contribution in [2.75, 3.05) is 0 Å². The fraction of sp³-hybridized carbons (Fsp3) is 0.421. The molecule has 24 heavy (non-hydrogen) atoms. The van der Waals surface area contributed by atoms with E-state index in [1.807, 2.05) is 25.1 Å². The van der Waals surface area contributed by atoms with E-state index in [-0.39, 0.29) is 11.9 Å². The Morgan fingerprint density at radius 2 is 1.79 bits per heavy atom. The maximum absolute atomic E-state index is 11.7. The fourth-order valence-electron chi connectivity index (χ4n) is 2.39. The Morgan fingerprint density at radius 1 is 1.17 bits per heavy atom. The minimum Gasteiger partial charge on any atom is -0.350 e. The number of amides is 1. The summed E-state index contributed by atoms with van der Waals surface area (Å²) in [6, 6.07) is 3.92. The van der Waals surface area contributed by atoms with Crippen LogP contribution in [-0.4, -0.2) is 11.9 Å². The molecule has 0 heterocycles. The normalized spacial score (nSPS) is 21.6. The lowest BCUT2D eigenvalue weighted by atomic mass is 10.1. The van der Waals surface area contributed by atoms with Crippen LogP contribution in [0.4, 0.5) is 0 Å². The molecule has 1 aliphatic carbocycles. The highest BCUT2D eigenvalue weighted by atomic mass is 35.5. The van der Waals surface area contributed by atoms with Gasteiger partial charge in [-0.05, 0) is 48.8 Å². The van der Waals surface area contributed by atoms with E-state index in [0.717, 1.165) is 12.0 Å². The van der Waals surface area contributed by atoms with Crippen molar-refractivity contribution in [2.45, 2.75) is 39.2 Å². The molecule has 1 fully saturated rings. The fourth-order valence-corrected chi connectivity index (χ4v) is 3.00. The number of halogens is 3. The molecule has 130 valence electrons. The summed E-state index contributed by atoms with van der Waals surface area (Å²) in [6.07, 6.45) is 8.41. The number of hydrogen-bond acceptors (Lipinski definition) is 1. The number of rotatable bonds is 6. The molecule has 1 aliphatic rings. The van der Waals surface area contributed by atoms with E-state index in [2.05, 4.69) is 25.2 Å². The molecule has 3 atom stereocenters. The van der Waals surface area contributed by atoms with Gasteiger partial charge in [0.15, 0.2) is 0 Å². The zero-order valence-corrected chi connectivity index (χ0v) is 16.3. The van der Waals surface area contributed by atoms with E-state index >= 15 is 0 Å². The summed E-state index contributed by atoms with van der Waals surface area (Å²) in [4.78, 5) is 11.7. The van der Waals surface area contributed by atoms with Gasteiger partial charge >= 0.3 is 0 Å². The molecule has 2 nitrogen and oxygen atoms in total. The predicted molar refractivity (Wildman–Crippen MR) is 103 cm³/mol. The zero-order valence-electron chi connectivity index (χ0n) is 14.0. The number of hydrogen-bond donors (Lipinski definition) is 1. The van der Waals surface area contributed by atoms with Crippen LogP contribution in [0.2, 0.25) is 15.1 Å². The van der Waals surface area contributed by atoms with Crippen molar-refractivity contribution in [2.24, 2.45) is 11.8 Å². The van der Waals surface area contributed by atoms with Crippen molar-refractivity contribution in [1.29, 1.82) is 0 Å². The third kappa shape index (κ3) is 5.27. The molecular weight excluding hydrogens is 365 g/mol. The Hall–Kier alpha value is -0.960. The summed E-state index contributed by atoms with van der Waals surface area (Å²) < 4.78 is 0. The summed E-state index contributed by atoms with van der Waals surface area (Å²) in [5.74, 6) is 1.21. The lowest BCUT2D eigenvalue weighted by Gasteiger charge is -2.15. The lowest BCUT2D eigenvalue weighted by Crippen LogP contribution is -2.34. The number of allylic oxidation sites excluding steroid dienone is 3. The van der Waals surface area contributed by atoms with Gasteiger partial charge in [0.2, 0.25) is 5.91 Å². The minimum atomic E-state index is -0.0653. The molecule has 1 saturated carbocycles. The second kappa shape index (κ2) is 8.42. The number of nitrogens with one attached hydrogen (secondary N) is 1. The highest BCUT2D eigenvalue weighted by molar-refractivity contribution is 6.48. The molecule has 1 aromatic carbocycles. The van der Waals surface area contributed by atoms with Crippen LogP contribution in [0.1, 0.15) is 38.7 Å². The van der Waals surface area contributed by atoms with Crippen molar-refractivity contribution in [1.82, 2.24) is 5.32 Å². The van der Waals surface area contributed by atoms with Gasteiger partial charge in [0.25, 0.3) is 0 Å². The van der Waals surface area contributed by atoms with Crippen molar-refractivity contribution >= 4 is 40.7 Å². The van der Waals surface area contributed by atoms with Crippen LogP contribution in [0.15, 0.2) is 36.4 Å². The van der Waals surface area contributed by atoms with Crippen molar-refractivity contribution in [3.63, 3.8) is 0 Å². The molecule has 5 heteroatoms. The van der Waals surface area contributed by atoms with Crippen molar-refractivity contribution < 1.29 is 4.79 Å². The van der Waals surface area contributed by atoms with E-state index in [9.17, 15) is 4.79 Å². The molecule has 0 aromatic heterocycles. The van der Waals surface area contributed by atoms with E-state index in [1.165, 1.54) is 0 Å². The molecule has 1 amide bonds. The minimum absolute atomic E-state index is 0.0653. The molecule has 1 aromatic rings. The summed E-state index contributed by atoms with van der Waals surface area (Å²) >= 11 is 18.1. The summed E-state index contributed by atoms with van der Waals surface area (Å²) in [5.41, 5.74) is 1.11. The lowest BCUT2D eigenvalue weighted by molar-refractivity contribution is -0.117. The SMILES string of the molecule is CC(C)C(C)NC(=O)C=CC=C[C@@H]1C[C@H]1c1cc(Cl)c(Cl)c(Cl)c1. The van der Waals surface area contributed by atoms with Crippen LogP contribution in [0, 0.1) is 11.8 Å². The molecule has 0 aliphatic heterocycles. The average molecular weight is 387 g/mol. The van der Waals surface area contributed by atoms with Crippen LogP contribution in [-0.2, 0) is 4.79 Å². The zero-order chi connectivity index (χ0) is 17.9. The third-order valence-corrected chi connectivity index (χ3v) is 5.56. The highest BCUT2D eigenvalue weighted by Gasteiger charge is 2.36. The number of benzene rings is 1. The number of carbonyl (C=O) groups excluding carboxylic acids is 1. The van der Waals surface area contributed by atoms with Gasteiger partial charge in [-0.2, -0.15) is 0 Å². The van der Waals surface area contributed by atoms with Gasteiger partial charge in [-0.3, -0.25) is 4.79 Å². The molecule has 0 radical (unpaired) electrons. The Bertz CT molecular complexity index is 644. The van der Waals surface area contributed by atoms with E-state index in [0.29, 0.717) is 32.8 Å². The van der Waals surface area contributed by atoms with Gasteiger partial charge in [0, 0.05) is 12.1 Å². The molecule has 1 unspecified atom stereocenters. The average Bonchev–Trinajstić information content (AvgIpc) is 3.28. The monoisotopic (exact) mass is 385 g/mol. The van der Waals surface area contributed by atoms with Crippen LogP contribution >= 0.6 is 34.8 Å². The van der Waals surface area contributed by atoms with Crippen LogP contribution < -0.4 is 5.32 Å². The summed E-state index contributed by atoms with van der Waals surface area (Å²) in [6.45, 7) is 6.16. The standard InChI is InChI=1S/C19H22Cl3NO/c1-11(2)12(3)23-18(24)7-5-4-6-13-8-15(13)14-9-16(20)19(22)17(21)10-14/h4-7,9-13,15H,8H2,1-3H3,(H,23,24)/t12?,13-,15-/m1/s1. The second-order valence-corrected chi connectivity index (χ2v) is 7.78. The highest BCUT2D eigenvalue weighted by Crippen LogP contribution is 2.50. The topological polar surface area (TPSA) is 29.1 Å².